The van der Waals surface area contributed by atoms with Crippen molar-refractivity contribution in [3.05, 3.63) is 69.3 Å². The van der Waals surface area contributed by atoms with E-state index in [1.807, 2.05) is 12.1 Å². The van der Waals surface area contributed by atoms with Gasteiger partial charge in [-0.2, -0.15) is 0 Å². The number of benzene rings is 2. The molecule has 5 nitrogen and oxygen atoms in total. The summed E-state index contributed by atoms with van der Waals surface area (Å²) < 4.78 is 5.06. The first-order chi connectivity index (χ1) is 10.0. The standard InChI is InChI=1S/C16H15NO4/c1-11-9-13(17(19)20)5-8-15(11)16(18)10-12-3-6-14(21-2)7-4-12/h3-9H,10H2,1-2H3. The third kappa shape index (κ3) is 3.45. The number of non-ortho nitro benzene ring substituents is 1. The Morgan fingerprint density at radius 2 is 1.86 bits per heavy atom. The minimum absolute atomic E-state index is 0.00602. The Kier molecular flexibility index (Phi) is 4.33. The van der Waals surface area contributed by atoms with Gasteiger partial charge in [0.1, 0.15) is 5.75 Å². The van der Waals surface area contributed by atoms with Crippen LogP contribution in [0.2, 0.25) is 0 Å². The number of Topliss-reactive ketones (excluding diaryl/α,β-unsaturated/α-hetero) is 1. The maximum Gasteiger partial charge on any atom is 0.269 e. The van der Waals surface area contributed by atoms with Crippen LogP contribution in [0.4, 0.5) is 5.69 Å². The fraction of sp³-hybridized carbons (Fsp3) is 0.188. The molecule has 0 unspecified atom stereocenters. The van der Waals surface area contributed by atoms with Crippen LogP contribution >= 0.6 is 0 Å². The molecular weight excluding hydrogens is 270 g/mol. The lowest BCUT2D eigenvalue weighted by molar-refractivity contribution is -0.384. The van der Waals surface area contributed by atoms with Crippen LogP contribution in [0.5, 0.6) is 5.75 Å². The first-order valence-electron chi connectivity index (χ1n) is 6.42. The van der Waals surface area contributed by atoms with Crippen LogP contribution in [-0.2, 0) is 6.42 Å². The second-order valence-corrected chi connectivity index (χ2v) is 4.70. The lowest BCUT2D eigenvalue weighted by Crippen LogP contribution is -2.06. The Hall–Kier alpha value is -2.69. The smallest absolute Gasteiger partial charge is 0.269 e. The molecule has 0 heterocycles. The lowest BCUT2D eigenvalue weighted by Gasteiger charge is -2.06. The highest BCUT2D eigenvalue weighted by molar-refractivity contribution is 5.99. The van der Waals surface area contributed by atoms with Crippen LogP contribution in [0.1, 0.15) is 21.5 Å². The number of ether oxygens (including phenoxy) is 1. The summed E-state index contributed by atoms with van der Waals surface area (Å²) in [6, 6.07) is 11.5. The van der Waals surface area contributed by atoms with Crippen molar-refractivity contribution in [1.82, 2.24) is 0 Å². The molecular formula is C16H15NO4. The summed E-state index contributed by atoms with van der Waals surface area (Å²) in [5, 5.41) is 10.7. The third-order valence-corrected chi connectivity index (χ3v) is 3.24. The van der Waals surface area contributed by atoms with Crippen molar-refractivity contribution in [2.24, 2.45) is 0 Å². The highest BCUT2D eigenvalue weighted by Gasteiger charge is 2.14. The van der Waals surface area contributed by atoms with Gasteiger partial charge in [-0.1, -0.05) is 12.1 Å². The van der Waals surface area contributed by atoms with Crippen molar-refractivity contribution in [2.45, 2.75) is 13.3 Å². The molecule has 0 aliphatic rings. The zero-order valence-electron chi connectivity index (χ0n) is 11.8. The average molecular weight is 285 g/mol. The van der Waals surface area contributed by atoms with Gasteiger partial charge in [-0.25, -0.2) is 0 Å². The van der Waals surface area contributed by atoms with Gasteiger partial charge in [0, 0.05) is 24.1 Å². The number of hydrogen-bond acceptors (Lipinski definition) is 4. The number of methoxy groups -OCH3 is 1. The molecule has 0 amide bonds. The number of nitro groups is 1. The van der Waals surface area contributed by atoms with E-state index in [0.29, 0.717) is 11.1 Å². The second kappa shape index (κ2) is 6.17. The molecule has 0 saturated heterocycles. The molecule has 0 radical (unpaired) electrons. The normalized spacial score (nSPS) is 10.2. The van der Waals surface area contributed by atoms with Crippen molar-refractivity contribution in [3.63, 3.8) is 0 Å². The number of ketones is 1. The van der Waals surface area contributed by atoms with Gasteiger partial charge < -0.3 is 4.74 Å². The van der Waals surface area contributed by atoms with Gasteiger partial charge >= 0.3 is 0 Å². The zero-order valence-corrected chi connectivity index (χ0v) is 11.8. The van der Waals surface area contributed by atoms with E-state index >= 15 is 0 Å². The van der Waals surface area contributed by atoms with E-state index in [4.69, 9.17) is 4.74 Å². The molecule has 5 heteroatoms. The van der Waals surface area contributed by atoms with Gasteiger partial charge in [-0.3, -0.25) is 14.9 Å². The van der Waals surface area contributed by atoms with Crippen molar-refractivity contribution in [3.8, 4) is 5.75 Å². The summed E-state index contributed by atoms with van der Waals surface area (Å²) in [6.45, 7) is 1.70. The molecule has 0 atom stereocenters. The Balaban J connectivity index is 2.17. The SMILES string of the molecule is COc1ccc(CC(=O)c2ccc([N+](=O)[O-])cc2C)cc1. The molecule has 21 heavy (non-hydrogen) atoms. The fourth-order valence-electron chi connectivity index (χ4n) is 2.10. The van der Waals surface area contributed by atoms with E-state index in [-0.39, 0.29) is 17.9 Å². The largest absolute Gasteiger partial charge is 0.497 e. The van der Waals surface area contributed by atoms with Crippen molar-refractivity contribution in [1.29, 1.82) is 0 Å². The van der Waals surface area contributed by atoms with Crippen LogP contribution in [0.15, 0.2) is 42.5 Å². The summed E-state index contributed by atoms with van der Waals surface area (Å²) >= 11 is 0. The number of nitro benzene ring substituents is 1. The molecule has 0 spiro atoms. The molecule has 0 N–H and O–H groups in total. The van der Waals surface area contributed by atoms with Gasteiger partial charge in [-0.15, -0.1) is 0 Å². The van der Waals surface area contributed by atoms with Gasteiger partial charge in [0.15, 0.2) is 5.78 Å². The number of nitrogens with zero attached hydrogens (tertiary/aromatic N) is 1. The minimum Gasteiger partial charge on any atom is -0.497 e. The summed E-state index contributed by atoms with van der Waals surface area (Å²) in [5.41, 5.74) is 1.99. The van der Waals surface area contributed by atoms with E-state index in [0.717, 1.165) is 11.3 Å². The number of aryl methyl sites for hydroxylation is 1. The monoisotopic (exact) mass is 285 g/mol. The first-order valence-corrected chi connectivity index (χ1v) is 6.42. The Bertz CT molecular complexity index is 677. The number of hydrogen-bond donors (Lipinski definition) is 0. The molecule has 0 aliphatic carbocycles. The van der Waals surface area contributed by atoms with Gasteiger partial charge in [0.05, 0.1) is 12.0 Å². The van der Waals surface area contributed by atoms with Crippen LogP contribution in [0.25, 0.3) is 0 Å². The molecule has 108 valence electrons. The number of rotatable bonds is 5. The Morgan fingerprint density at radius 1 is 1.19 bits per heavy atom. The van der Waals surface area contributed by atoms with Crippen molar-refractivity contribution in [2.75, 3.05) is 7.11 Å². The molecule has 2 rings (SSSR count). The molecule has 2 aromatic rings. The van der Waals surface area contributed by atoms with Crippen LogP contribution in [-0.4, -0.2) is 17.8 Å². The summed E-state index contributed by atoms with van der Waals surface area (Å²) in [7, 11) is 1.58. The van der Waals surface area contributed by atoms with Gasteiger partial charge in [0.25, 0.3) is 5.69 Å². The van der Waals surface area contributed by atoms with Crippen LogP contribution < -0.4 is 4.74 Å². The van der Waals surface area contributed by atoms with Crippen LogP contribution in [0, 0.1) is 17.0 Å². The molecule has 0 bridgehead atoms. The number of carbonyl (C=O) groups excluding carboxylic acids is 1. The fourth-order valence-corrected chi connectivity index (χ4v) is 2.10. The molecule has 0 fully saturated rings. The topological polar surface area (TPSA) is 69.4 Å². The average Bonchev–Trinajstić information content (AvgIpc) is 2.47. The van der Waals surface area contributed by atoms with Gasteiger partial charge in [0.2, 0.25) is 0 Å². The van der Waals surface area contributed by atoms with Gasteiger partial charge in [-0.05, 0) is 36.2 Å². The summed E-state index contributed by atoms with van der Waals surface area (Å²) in [6.07, 6.45) is 0.253. The minimum atomic E-state index is -0.468. The molecule has 0 saturated carbocycles. The van der Waals surface area contributed by atoms with Crippen molar-refractivity contribution < 1.29 is 14.5 Å². The van der Waals surface area contributed by atoms with Crippen molar-refractivity contribution >= 4 is 11.5 Å². The highest BCUT2D eigenvalue weighted by atomic mass is 16.6. The van der Waals surface area contributed by atoms with E-state index in [9.17, 15) is 14.9 Å². The Labute approximate surface area is 122 Å². The summed E-state index contributed by atoms with van der Waals surface area (Å²) in [4.78, 5) is 22.5. The first kappa shape index (κ1) is 14.7. The van der Waals surface area contributed by atoms with E-state index in [1.54, 1.807) is 26.2 Å². The zero-order chi connectivity index (χ0) is 15.4. The number of carbonyl (C=O) groups is 1. The maximum atomic E-state index is 12.3. The third-order valence-electron chi connectivity index (χ3n) is 3.24. The maximum absolute atomic E-state index is 12.3. The van der Waals surface area contributed by atoms with E-state index in [2.05, 4.69) is 0 Å². The second-order valence-electron chi connectivity index (χ2n) is 4.70. The van der Waals surface area contributed by atoms with Crippen LogP contribution in [0.3, 0.4) is 0 Å². The highest BCUT2D eigenvalue weighted by Crippen LogP contribution is 2.19. The Morgan fingerprint density at radius 3 is 2.38 bits per heavy atom. The molecule has 0 aliphatic heterocycles. The van der Waals surface area contributed by atoms with E-state index < -0.39 is 4.92 Å². The quantitative estimate of drug-likeness (QED) is 0.480. The molecule has 0 aromatic heterocycles. The van der Waals surface area contributed by atoms with E-state index in [1.165, 1.54) is 18.2 Å². The predicted molar refractivity (Wildman–Crippen MR) is 78.9 cm³/mol. The predicted octanol–water partition coefficient (Wildman–Crippen LogP) is 3.34. The lowest BCUT2D eigenvalue weighted by atomic mass is 9.99. The molecule has 2 aromatic carbocycles. The summed E-state index contributed by atoms with van der Waals surface area (Å²) in [5.74, 6) is 0.672.